The third kappa shape index (κ3) is 4.45. The van der Waals surface area contributed by atoms with Crippen LogP contribution in [0.5, 0.6) is 0 Å². The summed E-state index contributed by atoms with van der Waals surface area (Å²) >= 11 is 0. The molecule has 0 bridgehead atoms. The van der Waals surface area contributed by atoms with Crippen LogP contribution in [0.3, 0.4) is 0 Å². The first-order chi connectivity index (χ1) is 8.34. The van der Waals surface area contributed by atoms with Gasteiger partial charge in [0.2, 0.25) is 0 Å². The lowest BCUT2D eigenvalue weighted by Gasteiger charge is -2.33. The van der Waals surface area contributed by atoms with Crippen molar-refractivity contribution in [3.63, 3.8) is 0 Å². The van der Waals surface area contributed by atoms with Crippen molar-refractivity contribution in [3.8, 4) is 0 Å². The molecule has 106 valence electrons. The van der Waals surface area contributed by atoms with E-state index in [0.29, 0.717) is 25.9 Å². The number of methoxy groups -OCH3 is 1. The Labute approximate surface area is 104 Å². The lowest BCUT2D eigenvalue weighted by atomic mass is 9.97. The number of nitrogens with two attached hydrogens (primary N) is 1. The summed E-state index contributed by atoms with van der Waals surface area (Å²) in [6.07, 6.45) is -3.11. The average molecular weight is 268 g/mol. The van der Waals surface area contributed by atoms with Gasteiger partial charge in [0.25, 0.3) is 0 Å². The van der Waals surface area contributed by atoms with Gasteiger partial charge in [0.1, 0.15) is 6.04 Å². The van der Waals surface area contributed by atoms with Crippen LogP contribution in [0.25, 0.3) is 0 Å². The topological polar surface area (TPSA) is 55.6 Å². The van der Waals surface area contributed by atoms with Crippen molar-refractivity contribution in [2.45, 2.75) is 31.5 Å². The zero-order valence-electron chi connectivity index (χ0n) is 10.4. The van der Waals surface area contributed by atoms with E-state index in [-0.39, 0.29) is 13.0 Å². The van der Waals surface area contributed by atoms with Gasteiger partial charge in [-0.25, -0.2) is 0 Å². The fourth-order valence-electron chi connectivity index (χ4n) is 2.12. The Morgan fingerprint density at radius 1 is 1.56 bits per heavy atom. The number of ether oxygens (including phenoxy) is 1. The summed E-state index contributed by atoms with van der Waals surface area (Å²) in [6.45, 7) is 1.01. The highest BCUT2D eigenvalue weighted by atomic mass is 19.4. The van der Waals surface area contributed by atoms with Crippen LogP contribution in [-0.4, -0.2) is 49.8 Å². The van der Waals surface area contributed by atoms with Crippen molar-refractivity contribution < 1.29 is 22.7 Å². The van der Waals surface area contributed by atoms with Gasteiger partial charge in [0.05, 0.1) is 13.0 Å². The summed E-state index contributed by atoms with van der Waals surface area (Å²) in [5.41, 5.74) is 5.54. The summed E-state index contributed by atoms with van der Waals surface area (Å²) in [5.74, 6) is -1.79. The maximum Gasteiger partial charge on any atom is 0.393 e. The second kappa shape index (κ2) is 6.38. The van der Waals surface area contributed by atoms with Crippen molar-refractivity contribution in [3.05, 3.63) is 0 Å². The van der Waals surface area contributed by atoms with E-state index < -0.39 is 24.1 Å². The minimum Gasteiger partial charge on any atom is -0.468 e. The van der Waals surface area contributed by atoms with Crippen LogP contribution >= 0.6 is 0 Å². The van der Waals surface area contributed by atoms with Gasteiger partial charge in [0.15, 0.2) is 0 Å². The average Bonchev–Trinajstić information content (AvgIpc) is 2.34. The monoisotopic (exact) mass is 268 g/mol. The minimum absolute atomic E-state index is 0.00259. The summed E-state index contributed by atoms with van der Waals surface area (Å²) in [6, 6.07) is -0.763. The molecule has 1 rings (SSSR count). The lowest BCUT2D eigenvalue weighted by molar-refractivity contribution is -0.186. The SMILES string of the molecule is COC(=O)C(N)CCN1CCCC(C(F)(F)F)C1. The predicted octanol–water partition coefficient (Wildman–Crippen LogP) is 1.15. The molecule has 1 aliphatic heterocycles. The first-order valence-corrected chi connectivity index (χ1v) is 5.97. The van der Waals surface area contributed by atoms with E-state index in [4.69, 9.17) is 5.73 Å². The number of piperidine rings is 1. The molecule has 0 spiro atoms. The molecule has 18 heavy (non-hydrogen) atoms. The second-order valence-corrected chi connectivity index (χ2v) is 4.60. The fourth-order valence-corrected chi connectivity index (χ4v) is 2.12. The van der Waals surface area contributed by atoms with E-state index >= 15 is 0 Å². The Kier molecular flexibility index (Phi) is 5.40. The first kappa shape index (κ1) is 15.2. The number of rotatable bonds is 4. The van der Waals surface area contributed by atoms with E-state index in [1.807, 2.05) is 0 Å². The zero-order valence-corrected chi connectivity index (χ0v) is 10.4. The molecule has 0 saturated carbocycles. The Hall–Kier alpha value is -0.820. The van der Waals surface area contributed by atoms with Crippen LogP contribution in [0.15, 0.2) is 0 Å². The van der Waals surface area contributed by atoms with Gasteiger partial charge in [-0.2, -0.15) is 13.2 Å². The van der Waals surface area contributed by atoms with Crippen LogP contribution in [0.1, 0.15) is 19.3 Å². The Balaban J connectivity index is 2.37. The molecule has 2 atom stereocenters. The van der Waals surface area contributed by atoms with Gasteiger partial charge in [0, 0.05) is 13.1 Å². The van der Waals surface area contributed by atoms with Crippen molar-refractivity contribution in [2.24, 2.45) is 11.7 Å². The summed E-state index contributed by atoms with van der Waals surface area (Å²) in [7, 11) is 1.24. The Morgan fingerprint density at radius 3 is 2.78 bits per heavy atom. The highest BCUT2D eigenvalue weighted by Crippen LogP contribution is 2.33. The number of alkyl halides is 3. The van der Waals surface area contributed by atoms with Crippen LogP contribution in [0.2, 0.25) is 0 Å². The number of esters is 1. The van der Waals surface area contributed by atoms with Crippen molar-refractivity contribution in [2.75, 3.05) is 26.7 Å². The lowest BCUT2D eigenvalue weighted by Crippen LogP contribution is -2.44. The van der Waals surface area contributed by atoms with Gasteiger partial charge in [-0.1, -0.05) is 0 Å². The molecule has 1 fully saturated rings. The molecular formula is C11H19F3N2O2. The fraction of sp³-hybridized carbons (Fsp3) is 0.909. The minimum atomic E-state index is -4.14. The molecule has 0 aromatic rings. The van der Waals surface area contributed by atoms with E-state index in [1.165, 1.54) is 7.11 Å². The largest absolute Gasteiger partial charge is 0.468 e. The molecule has 1 saturated heterocycles. The van der Waals surface area contributed by atoms with Gasteiger partial charge in [-0.05, 0) is 25.8 Å². The molecule has 0 aromatic heterocycles. The standard InChI is InChI=1S/C11H19F3N2O2/c1-18-10(17)9(15)4-6-16-5-2-3-8(7-16)11(12,13)14/h8-9H,2-7,15H2,1H3. The molecule has 4 nitrogen and oxygen atoms in total. The van der Waals surface area contributed by atoms with Crippen molar-refractivity contribution >= 4 is 5.97 Å². The second-order valence-electron chi connectivity index (χ2n) is 4.60. The number of likely N-dealkylation sites (tertiary alicyclic amines) is 1. The Morgan fingerprint density at radius 2 is 2.22 bits per heavy atom. The molecule has 0 aliphatic carbocycles. The van der Waals surface area contributed by atoms with Crippen LogP contribution in [0, 0.1) is 5.92 Å². The number of carbonyl (C=O) groups is 1. The van der Waals surface area contributed by atoms with Gasteiger partial charge in [-0.15, -0.1) is 0 Å². The molecule has 1 aliphatic rings. The van der Waals surface area contributed by atoms with Crippen LogP contribution < -0.4 is 5.73 Å². The van der Waals surface area contributed by atoms with E-state index in [9.17, 15) is 18.0 Å². The quantitative estimate of drug-likeness (QED) is 0.777. The van der Waals surface area contributed by atoms with E-state index in [2.05, 4.69) is 4.74 Å². The highest BCUT2D eigenvalue weighted by molar-refractivity contribution is 5.75. The molecular weight excluding hydrogens is 249 g/mol. The smallest absolute Gasteiger partial charge is 0.393 e. The van der Waals surface area contributed by atoms with Gasteiger partial charge in [-0.3, -0.25) is 4.79 Å². The maximum atomic E-state index is 12.6. The maximum absolute atomic E-state index is 12.6. The molecule has 0 aromatic carbocycles. The number of carbonyl (C=O) groups excluding carboxylic acids is 1. The first-order valence-electron chi connectivity index (χ1n) is 5.97. The highest BCUT2D eigenvalue weighted by Gasteiger charge is 2.41. The zero-order chi connectivity index (χ0) is 13.8. The van der Waals surface area contributed by atoms with Crippen molar-refractivity contribution in [1.82, 2.24) is 4.90 Å². The summed E-state index contributed by atoms with van der Waals surface area (Å²) in [4.78, 5) is 12.8. The van der Waals surface area contributed by atoms with E-state index in [1.54, 1.807) is 4.90 Å². The van der Waals surface area contributed by atoms with Crippen LogP contribution in [0.4, 0.5) is 13.2 Å². The normalized spacial score (nSPS) is 23.7. The molecule has 2 unspecified atom stereocenters. The van der Waals surface area contributed by atoms with Gasteiger partial charge >= 0.3 is 12.1 Å². The Bertz CT molecular complexity index is 284. The summed E-state index contributed by atoms with van der Waals surface area (Å²) in [5, 5.41) is 0. The third-order valence-corrected chi connectivity index (χ3v) is 3.23. The number of hydrogen-bond acceptors (Lipinski definition) is 4. The van der Waals surface area contributed by atoms with Gasteiger partial charge < -0.3 is 15.4 Å². The molecule has 2 N–H and O–H groups in total. The summed E-state index contributed by atoms with van der Waals surface area (Å²) < 4.78 is 42.2. The molecule has 1 heterocycles. The molecule has 0 radical (unpaired) electrons. The molecule has 0 amide bonds. The number of hydrogen-bond donors (Lipinski definition) is 1. The predicted molar refractivity (Wildman–Crippen MR) is 59.8 cm³/mol. The van der Waals surface area contributed by atoms with Crippen LogP contribution in [-0.2, 0) is 9.53 Å². The van der Waals surface area contributed by atoms with E-state index in [0.717, 1.165) is 0 Å². The molecule has 7 heteroatoms. The van der Waals surface area contributed by atoms with Crippen molar-refractivity contribution in [1.29, 1.82) is 0 Å². The number of halogens is 3. The third-order valence-electron chi connectivity index (χ3n) is 3.23. The number of nitrogens with zero attached hydrogens (tertiary/aromatic N) is 1.